The Kier molecular flexibility index (Phi) is 45.6. The Hall–Kier alpha value is -9.36. The number of rotatable bonds is 13. The summed E-state index contributed by atoms with van der Waals surface area (Å²) >= 11 is 0. The first-order chi connectivity index (χ1) is 53.1. The second-order valence-corrected chi connectivity index (χ2v) is 33.2. The van der Waals surface area contributed by atoms with Gasteiger partial charge in [-0.3, -0.25) is 0 Å². The fourth-order valence-electron chi connectivity index (χ4n) is 12.2. The zero-order valence-corrected chi connectivity index (χ0v) is 75.4. The second kappa shape index (κ2) is 52.8. The predicted octanol–water partition coefficient (Wildman–Crippen LogP) is 33.1. The van der Waals surface area contributed by atoms with E-state index in [1.807, 2.05) is 0 Å². The number of aryl methyl sites for hydroxylation is 19. The van der Waals surface area contributed by atoms with Crippen LogP contribution in [0.3, 0.4) is 0 Å². The Morgan fingerprint density at radius 3 is 0.875 bits per heavy atom. The highest BCUT2D eigenvalue weighted by atomic mass is 14.2. The smallest absolute Gasteiger partial charge is 0.0125 e. The van der Waals surface area contributed by atoms with Gasteiger partial charge in [-0.15, -0.1) is 0 Å². The fourth-order valence-corrected chi connectivity index (χ4v) is 12.2. The van der Waals surface area contributed by atoms with Crippen LogP contribution < -0.4 is 0 Å². The summed E-state index contributed by atoms with van der Waals surface area (Å²) < 4.78 is 0. The third-order valence-corrected chi connectivity index (χ3v) is 19.7. The highest BCUT2D eigenvalue weighted by Crippen LogP contribution is 2.29. The Balaban J connectivity index is 0.000000324. The maximum atomic E-state index is 2.27. The Labute approximate surface area is 687 Å². The third-order valence-electron chi connectivity index (χ3n) is 19.7. The average molecular weight is 1490 g/mol. The quantitative estimate of drug-likeness (QED) is 0.108. The highest BCUT2D eigenvalue weighted by molar-refractivity contribution is 5.71. The van der Waals surface area contributed by atoms with Crippen molar-refractivity contribution >= 4 is 0 Å². The SMILES string of the molecule is CCC(C)c1ccc(C)cc1.CCCCc1ccc(C)cc1.CCCc1ccc(C)cc1.CCc1ccc(C)cc1.Cc1ccc(-c2c(C)cc(C)cc2C)cc1.Cc1ccc(-c2cc(C)cc(C)c2)cc1.Cc1ccc(C(C)(C)C)cc1.Cc1ccc(C(C)C)cc1.Cc1ccc(C)cc1.Cc1ccc(CC(C)C)cc1. The minimum Gasteiger partial charge on any atom is -0.0654 e. The molecule has 0 aliphatic rings. The zero-order valence-electron chi connectivity index (χ0n) is 75.4. The number of benzene rings is 12. The molecular weight excluding hydrogens is 1350 g/mol. The summed E-state index contributed by atoms with van der Waals surface area (Å²) in [5, 5.41) is 0. The lowest BCUT2D eigenvalue weighted by Gasteiger charge is -2.18. The van der Waals surface area contributed by atoms with E-state index < -0.39 is 0 Å². The van der Waals surface area contributed by atoms with Crippen LogP contribution in [-0.2, 0) is 31.1 Å². The van der Waals surface area contributed by atoms with Crippen LogP contribution in [0.5, 0.6) is 0 Å². The molecule has 0 aliphatic carbocycles. The monoisotopic (exact) mass is 1490 g/mol. The lowest BCUT2D eigenvalue weighted by atomic mass is 9.87. The van der Waals surface area contributed by atoms with E-state index in [0.29, 0.717) is 11.8 Å². The molecule has 0 fully saturated rings. The summed E-state index contributed by atoms with van der Waals surface area (Å²) in [7, 11) is 0. The van der Waals surface area contributed by atoms with E-state index in [9.17, 15) is 0 Å². The molecule has 0 saturated heterocycles. The summed E-state index contributed by atoms with van der Waals surface area (Å²) in [4.78, 5) is 0. The molecule has 0 aromatic heterocycles. The van der Waals surface area contributed by atoms with Gasteiger partial charge in [-0.05, 0) is 245 Å². The molecule has 0 nitrogen and oxygen atoms in total. The second-order valence-electron chi connectivity index (χ2n) is 33.2. The molecule has 0 heterocycles. The predicted molar refractivity (Wildman–Crippen MR) is 503 cm³/mol. The van der Waals surface area contributed by atoms with Crippen molar-refractivity contribution < 1.29 is 0 Å². The molecule has 0 saturated carbocycles. The van der Waals surface area contributed by atoms with Crippen LogP contribution in [0.1, 0.15) is 249 Å². The van der Waals surface area contributed by atoms with Gasteiger partial charge in [0.25, 0.3) is 0 Å². The van der Waals surface area contributed by atoms with Crippen molar-refractivity contribution in [3.05, 3.63) is 401 Å². The fraction of sp³-hybridized carbons (Fsp3) is 0.357. The lowest BCUT2D eigenvalue weighted by molar-refractivity contribution is 0.590. The molecule has 112 heavy (non-hydrogen) atoms. The molecule has 1 unspecified atom stereocenters. The van der Waals surface area contributed by atoms with Gasteiger partial charge in [-0.2, -0.15) is 0 Å². The van der Waals surface area contributed by atoms with Gasteiger partial charge >= 0.3 is 0 Å². The van der Waals surface area contributed by atoms with Gasteiger partial charge in [-0.1, -0.05) is 447 Å². The summed E-state index contributed by atoms with van der Waals surface area (Å²) in [6.45, 7) is 60.8. The molecule has 596 valence electrons. The van der Waals surface area contributed by atoms with Crippen molar-refractivity contribution in [1.29, 1.82) is 0 Å². The molecule has 0 heteroatoms. The van der Waals surface area contributed by atoms with Crippen LogP contribution >= 0.6 is 0 Å². The molecule has 0 bridgehead atoms. The molecule has 0 spiro atoms. The molecule has 0 radical (unpaired) electrons. The first-order valence-electron chi connectivity index (χ1n) is 41.9. The van der Waals surface area contributed by atoms with Gasteiger partial charge in [-0.25, -0.2) is 0 Å². The van der Waals surface area contributed by atoms with E-state index in [4.69, 9.17) is 0 Å². The summed E-state index contributed by atoms with van der Waals surface area (Å²) in [6.07, 6.45) is 9.83. The summed E-state index contributed by atoms with van der Waals surface area (Å²) in [5.74, 6) is 2.12. The van der Waals surface area contributed by atoms with Crippen LogP contribution in [0.2, 0.25) is 0 Å². The third kappa shape index (κ3) is 41.2. The minimum atomic E-state index is 0.285. The zero-order chi connectivity index (χ0) is 83.3. The highest BCUT2D eigenvalue weighted by Gasteiger charge is 2.12. The standard InChI is InChI=1S/C16H18.C15H16.4C11H16.2C10H14.C9H12.C8H10/c1-11-5-7-15(8-6-11)16-13(3)9-12(2)10-14(16)4;1-11-4-6-14(7-5-11)15-9-12(2)8-13(3)10-15;1-9-5-7-10(8-6-9)11(2,3)4;1-9(2)8-11-6-4-10(3)5-7-11;1-4-10(3)11-7-5-9(2)6-8-11;1-3-4-5-11-8-6-10(2)7-9-11;1-8(2)10-6-4-9(3)5-7-10;1-3-4-10-7-5-9(2)6-8-10;1-3-9-6-4-8(2)5-7-9;1-7-3-5-8(2)6-4-7/h5-10H,1-4H3;4-10H,1-3H3;5-8H,1-4H3;4-7,9H,8H2,1-3H3;5-8,10H,4H2,1-3H3;6-9H,3-5H2,1-2H3;4-8H,1-3H3;5-8H,3-4H2,1-2H3;4-7H,3H2,1-2H3;3-6H,1-2H3. The molecule has 12 rings (SSSR count). The van der Waals surface area contributed by atoms with Gasteiger partial charge in [0.1, 0.15) is 0 Å². The first kappa shape index (κ1) is 96.8. The Morgan fingerprint density at radius 1 is 0.259 bits per heavy atom. The molecule has 1 atom stereocenters. The van der Waals surface area contributed by atoms with E-state index in [1.54, 1.807) is 0 Å². The van der Waals surface area contributed by atoms with Crippen LogP contribution in [0.15, 0.2) is 273 Å². The molecule has 0 N–H and O–H groups in total. The van der Waals surface area contributed by atoms with Gasteiger partial charge in [0.2, 0.25) is 0 Å². The van der Waals surface area contributed by atoms with E-state index in [1.165, 1.54) is 195 Å². The Bertz CT molecular complexity index is 4350. The van der Waals surface area contributed by atoms with Gasteiger partial charge in [0.15, 0.2) is 0 Å². The topological polar surface area (TPSA) is 0 Å². The van der Waals surface area contributed by atoms with Crippen molar-refractivity contribution in [3.63, 3.8) is 0 Å². The van der Waals surface area contributed by atoms with Gasteiger partial charge in [0, 0.05) is 0 Å². The van der Waals surface area contributed by atoms with E-state index in [-0.39, 0.29) is 5.41 Å². The molecule has 12 aromatic rings. The van der Waals surface area contributed by atoms with Crippen molar-refractivity contribution in [3.8, 4) is 22.3 Å². The van der Waals surface area contributed by atoms with Crippen LogP contribution in [0.4, 0.5) is 0 Å². The summed E-state index contributed by atoms with van der Waals surface area (Å²) in [6, 6.07) is 98.4. The van der Waals surface area contributed by atoms with Crippen molar-refractivity contribution in [2.75, 3.05) is 0 Å². The number of hydrogen-bond acceptors (Lipinski definition) is 0. The van der Waals surface area contributed by atoms with Crippen LogP contribution in [0.25, 0.3) is 22.3 Å². The summed E-state index contributed by atoms with van der Waals surface area (Å²) in [5.41, 5.74) is 37.1. The molecular formula is C112H148. The minimum absolute atomic E-state index is 0.285. The van der Waals surface area contributed by atoms with E-state index >= 15 is 0 Å². The van der Waals surface area contributed by atoms with Crippen molar-refractivity contribution in [2.45, 2.75) is 262 Å². The molecule has 0 amide bonds. The largest absolute Gasteiger partial charge is 0.0654 e. The lowest BCUT2D eigenvalue weighted by Crippen LogP contribution is -2.10. The number of unbranched alkanes of at least 4 members (excludes halogenated alkanes) is 1. The van der Waals surface area contributed by atoms with Crippen molar-refractivity contribution in [1.82, 2.24) is 0 Å². The van der Waals surface area contributed by atoms with Gasteiger partial charge in [0.05, 0.1) is 0 Å². The van der Waals surface area contributed by atoms with E-state index in [0.717, 1.165) is 12.3 Å². The van der Waals surface area contributed by atoms with Crippen LogP contribution in [0, 0.1) is 117 Å². The van der Waals surface area contributed by atoms with E-state index in [2.05, 4.69) is 467 Å². The normalized spacial score (nSPS) is 10.6. The maximum absolute atomic E-state index is 2.27. The molecule has 12 aromatic carbocycles. The van der Waals surface area contributed by atoms with Crippen LogP contribution in [-0.4, -0.2) is 0 Å². The maximum Gasteiger partial charge on any atom is -0.0125 e. The Morgan fingerprint density at radius 2 is 0.554 bits per heavy atom. The molecule has 0 aliphatic heterocycles. The van der Waals surface area contributed by atoms with Crippen molar-refractivity contribution in [2.24, 2.45) is 5.92 Å². The first-order valence-corrected chi connectivity index (χ1v) is 41.9. The van der Waals surface area contributed by atoms with Gasteiger partial charge < -0.3 is 0 Å². The average Bonchev–Trinajstić information content (AvgIpc) is 0.817. The number of hydrogen-bond donors (Lipinski definition) is 0.